The van der Waals surface area contributed by atoms with Gasteiger partial charge in [-0.15, -0.1) is 0 Å². The van der Waals surface area contributed by atoms with Crippen LogP contribution in [0.4, 0.5) is 0 Å². The molecule has 1 N–H and O–H groups in total. The molecule has 66 valence electrons. The number of rotatable bonds is 3. The fourth-order valence-corrected chi connectivity index (χ4v) is 1.29. The zero-order valence-corrected chi connectivity index (χ0v) is 8.15. The maximum atomic E-state index is 11.3. The van der Waals surface area contributed by atoms with Crippen molar-refractivity contribution in [1.82, 2.24) is 0 Å². The third-order valence-electron chi connectivity index (χ3n) is 1.20. The molecule has 1 atom stereocenters. The molecule has 11 heavy (non-hydrogen) atoms. The Bertz CT molecular complexity index is 156. The quantitative estimate of drug-likeness (QED) is 0.653. The summed E-state index contributed by atoms with van der Waals surface area (Å²) in [6.07, 6.45) is 3.37. The molecule has 0 radical (unpaired) electrons. The van der Waals surface area contributed by atoms with Crippen molar-refractivity contribution < 1.29 is 9.32 Å². The molecule has 0 spiro atoms. The van der Waals surface area contributed by atoms with Crippen LogP contribution in [0.3, 0.4) is 0 Å². The Morgan fingerprint density at radius 2 is 1.91 bits per heavy atom. The molecule has 0 amide bonds. The lowest BCUT2D eigenvalue weighted by Crippen LogP contribution is -2.23. The highest BCUT2D eigenvalue weighted by Crippen LogP contribution is 2.10. The lowest BCUT2D eigenvalue weighted by Gasteiger charge is -2.15. The van der Waals surface area contributed by atoms with E-state index in [1.54, 1.807) is 12.2 Å². The smallest absolute Gasteiger partial charge is 0.0612 e. The summed E-state index contributed by atoms with van der Waals surface area (Å²) in [5.41, 5.74) is 0. The fourth-order valence-electron chi connectivity index (χ4n) is 0.480. The van der Waals surface area contributed by atoms with Crippen LogP contribution in [-0.2, 0) is 10.8 Å². The molecular weight excluding hydrogens is 160 g/mol. The van der Waals surface area contributed by atoms with E-state index in [1.807, 2.05) is 20.8 Å². The first-order valence-electron chi connectivity index (χ1n) is 3.63. The van der Waals surface area contributed by atoms with Crippen LogP contribution in [-0.4, -0.2) is 26.4 Å². The van der Waals surface area contributed by atoms with Gasteiger partial charge in [-0.25, -0.2) is 0 Å². The second kappa shape index (κ2) is 4.67. The van der Waals surface area contributed by atoms with E-state index >= 15 is 0 Å². The lowest BCUT2D eigenvalue weighted by atomic mass is 10.3. The monoisotopic (exact) mass is 176 g/mol. The van der Waals surface area contributed by atoms with E-state index < -0.39 is 10.8 Å². The summed E-state index contributed by atoms with van der Waals surface area (Å²) in [4.78, 5) is 0. The van der Waals surface area contributed by atoms with Crippen LogP contribution in [0.2, 0.25) is 0 Å². The van der Waals surface area contributed by atoms with Crippen LogP contribution in [0, 0.1) is 0 Å². The predicted molar refractivity (Wildman–Crippen MR) is 49.0 cm³/mol. The Balaban J connectivity index is 3.80. The highest BCUT2D eigenvalue weighted by molar-refractivity contribution is 7.86. The molecule has 0 saturated carbocycles. The first kappa shape index (κ1) is 10.8. The van der Waals surface area contributed by atoms with Crippen LogP contribution >= 0.6 is 0 Å². The van der Waals surface area contributed by atoms with Crippen molar-refractivity contribution in [2.75, 3.05) is 12.4 Å². The second-order valence-electron chi connectivity index (χ2n) is 3.28. The molecule has 3 heteroatoms. The summed E-state index contributed by atoms with van der Waals surface area (Å²) >= 11 is 0. The van der Waals surface area contributed by atoms with Crippen molar-refractivity contribution >= 4 is 10.8 Å². The van der Waals surface area contributed by atoms with E-state index in [-0.39, 0.29) is 11.4 Å². The van der Waals surface area contributed by atoms with E-state index in [2.05, 4.69) is 0 Å². The minimum Gasteiger partial charge on any atom is -0.392 e. The average molecular weight is 176 g/mol. The van der Waals surface area contributed by atoms with Crippen LogP contribution in [0.15, 0.2) is 12.2 Å². The van der Waals surface area contributed by atoms with Crippen LogP contribution in [0.5, 0.6) is 0 Å². The topological polar surface area (TPSA) is 37.3 Å². The van der Waals surface area contributed by atoms with Gasteiger partial charge in [-0.1, -0.05) is 12.2 Å². The van der Waals surface area contributed by atoms with E-state index in [4.69, 9.17) is 5.11 Å². The number of aliphatic hydroxyl groups is 1. The van der Waals surface area contributed by atoms with E-state index in [0.717, 1.165) is 0 Å². The van der Waals surface area contributed by atoms with Gasteiger partial charge in [0.2, 0.25) is 0 Å². The van der Waals surface area contributed by atoms with Gasteiger partial charge in [-0.3, -0.25) is 4.21 Å². The highest BCUT2D eigenvalue weighted by Gasteiger charge is 2.17. The normalized spacial score (nSPS) is 15.6. The Morgan fingerprint density at radius 3 is 2.27 bits per heavy atom. The molecular formula is C8H16O2S. The number of hydrogen-bond donors (Lipinski definition) is 1. The summed E-state index contributed by atoms with van der Waals surface area (Å²) in [6.45, 7) is 5.85. The standard InChI is InChI=1S/C8H16O2S/c1-8(2,3)11(10)7-5-4-6-9/h4-5,9H,6-7H2,1-3H3/b5-4-. The lowest BCUT2D eigenvalue weighted by molar-refractivity contribution is 0.342. The third-order valence-corrected chi connectivity index (χ3v) is 3.06. The van der Waals surface area contributed by atoms with Crippen molar-refractivity contribution in [1.29, 1.82) is 0 Å². The Morgan fingerprint density at radius 1 is 1.36 bits per heavy atom. The summed E-state index contributed by atoms with van der Waals surface area (Å²) in [7, 11) is -0.837. The highest BCUT2D eigenvalue weighted by atomic mass is 32.2. The summed E-state index contributed by atoms with van der Waals surface area (Å²) in [5, 5.41) is 8.40. The van der Waals surface area contributed by atoms with Gasteiger partial charge in [0.05, 0.1) is 6.61 Å². The Hall–Kier alpha value is -0.150. The Labute approximate surface area is 70.8 Å². The van der Waals surface area contributed by atoms with Gasteiger partial charge in [0.25, 0.3) is 0 Å². The molecule has 0 aromatic rings. The minimum absolute atomic E-state index is 0.0291. The molecule has 0 aromatic carbocycles. The predicted octanol–water partition coefficient (Wildman–Crippen LogP) is 1.08. The van der Waals surface area contributed by atoms with Crippen LogP contribution in [0.25, 0.3) is 0 Å². The first-order valence-corrected chi connectivity index (χ1v) is 4.94. The summed E-state index contributed by atoms with van der Waals surface area (Å²) < 4.78 is 11.2. The third kappa shape index (κ3) is 5.16. The van der Waals surface area contributed by atoms with E-state index in [1.165, 1.54) is 0 Å². The molecule has 0 aliphatic rings. The van der Waals surface area contributed by atoms with Crippen molar-refractivity contribution in [2.24, 2.45) is 0 Å². The van der Waals surface area contributed by atoms with Gasteiger partial charge in [0.1, 0.15) is 0 Å². The van der Waals surface area contributed by atoms with Gasteiger partial charge in [-0.05, 0) is 20.8 Å². The maximum Gasteiger partial charge on any atom is 0.0612 e. The molecule has 0 aliphatic heterocycles. The number of hydrogen-bond acceptors (Lipinski definition) is 2. The first-order chi connectivity index (χ1) is 4.98. The van der Waals surface area contributed by atoms with Gasteiger partial charge in [-0.2, -0.15) is 0 Å². The van der Waals surface area contributed by atoms with Crippen molar-refractivity contribution in [3.8, 4) is 0 Å². The Kier molecular flexibility index (Phi) is 4.61. The van der Waals surface area contributed by atoms with Crippen molar-refractivity contribution in [2.45, 2.75) is 25.5 Å². The molecule has 0 heterocycles. The van der Waals surface area contributed by atoms with E-state index in [0.29, 0.717) is 5.75 Å². The molecule has 0 aromatic heterocycles. The average Bonchev–Trinajstić information content (AvgIpc) is 1.86. The molecule has 0 rings (SSSR count). The van der Waals surface area contributed by atoms with Gasteiger partial charge < -0.3 is 5.11 Å². The summed E-state index contributed by atoms with van der Waals surface area (Å²) in [6, 6.07) is 0. The SMILES string of the molecule is CC(C)(C)S(=O)C/C=C\CO. The zero-order valence-electron chi connectivity index (χ0n) is 7.33. The molecule has 0 aliphatic carbocycles. The second-order valence-corrected chi connectivity index (χ2v) is 5.53. The minimum atomic E-state index is -0.837. The van der Waals surface area contributed by atoms with Crippen LogP contribution < -0.4 is 0 Å². The summed E-state index contributed by atoms with van der Waals surface area (Å²) in [5.74, 6) is 0.532. The zero-order chi connectivity index (χ0) is 8.91. The van der Waals surface area contributed by atoms with Gasteiger partial charge >= 0.3 is 0 Å². The molecule has 2 nitrogen and oxygen atoms in total. The van der Waals surface area contributed by atoms with Crippen LogP contribution in [0.1, 0.15) is 20.8 Å². The molecule has 0 bridgehead atoms. The van der Waals surface area contributed by atoms with E-state index in [9.17, 15) is 4.21 Å². The molecule has 1 unspecified atom stereocenters. The van der Waals surface area contributed by atoms with Gasteiger partial charge in [0.15, 0.2) is 0 Å². The molecule has 0 fully saturated rings. The largest absolute Gasteiger partial charge is 0.392 e. The van der Waals surface area contributed by atoms with Gasteiger partial charge in [0, 0.05) is 21.3 Å². The maximum absolute atomic E-state index is 11.3. The van der Waals surface area contributed by atoms with Crippen molar-refractivity contribution in [3.05, 3.63) is 12.2 Å². The fraction of sp³-hybridized carbons (Fsp3) is 0.750. The number of aliphatic hydroxyl groups excluding tert-OH is 1. The van der Waals surface area contributed by atoms with Crippen molar-refractivity contribution in [3.63, 3.8) is 0 Å². The molecule has 0 saturated heterocycles.